The van der Waals surface area contributed by atoms with E-state index in [0.29, 0.717) is 5.41 Å². The lowest BCUT2D eigenvalue weighted by Gasteiger charge is -2.42. The molecule has 19 heavy (non-hydrogen) atoms. The average molecular weight is 287 g/mol. The summed E-state index contributed by atoms with van der Waals surface area (Å²) < 4.78 is 0. The third kappa shape index (κ3) is 5.28. The summed E-state index contributed by atoms with van der Waals surface area (Å²) in [6, 6.07) is 0.745. The molecule has 0 radical (unpaired) electrons. The molecule has 0 bridgehead atoms. The molecule has 0 aromatic carbocycles. The molecule has 0 amide bonds. The van der Waals surface area contributed by atoms with Crippen LogP contribution in [0.4, 0.5) is 0 Å². The van der Waals surface area contributed by atoms with Crippen LogP contribution in [0.3, 0.4) is 0 Å². The van der Waals surface area contributed by atoms with Gasteiger partial charge in [0.25, 0.3) is 0 Å². The molecule has 1 aliphatic rings. The molecule has 1 saturated heterocycles. The summed E-state index contributed by atoms with van der Waals surface area (Å²) in [4.78, 5) is 5.10. The van der Waals surface area contributed by atoms with E-state index in [1.807, 2.05) is 0 Å². The Balaban J connectivity index is 2.62. The van der Waals surface area contributed by atoms with Gasteiger partial charge in [-0.1, -0.05) is 26.7 Å². The molecule has 1 unspecified atom stereocenters. The first kappa shape index (κ1) is 17.3. The van der Waals surface area contributed by atoms with Crippen molar-refractivity contribution in [1.29, 1.82) is 0 Å². The fraction of sp³-hybridized carbons (Fsp3) is 1.00. The summed E-state index contributed by atoms with van der Waals surface area (Å²) in [6.07, 6.45) is 7.93. The van der Waals surface area contributed by atoms with Crippen molar-refractivity contribution in [2.75, 3.05) is 39.5 Å². The first-order valence-electron chi connectivity index (χ1n) is 8.06. The molecule has 1 atom stereocenters. The molecule has 0 N–H and O–H groups in total. The first-order valence-corrected chi connectivity index (χ1v) is 8.69. The van der Waals surface area contributed by atoms with Crippen LogP contribution in [-0.4, -0.2) is 55.3 Å². The predicted octanol–water partition coefficient (Wildman–Crippen LogP) is 3.53. The molecule has 0 aromatic heterocycles. The number of piperidine rings is 1. The van der Waals surface area contributed by atoms with Crippen molar-refractivity contribution < 1.29 is 0 Å². The van der Waals surface area contributed by atoms with Gasteiger partial charge in [-0.15, -0.1) is 0 Å². The molecule has 0 aliphatic carbocycles. The Morgan fingerprint density at radius 2 is 1.84 bits per heavy atom. The number of likely N-dealkylation sites (tertiary alicyclic amines) is 1. The minimum Gasteiger partial charge on any atom is -0.305 e. The zero-order chi connectivity index (χ0) is 14.3. The maximum Gasteiger partial charge on any atom is 0.0217 e. The van der Waals surface area contributed by atoms with Gasteiger partial charge >= 0.3 is 0 Å². The second-order valence-electron chi connectivity index (χ2n) is 6.65. The van der Waals surface area contributed by atoms with Crippen LogP contribution in [0, 0.1) is 5.41 Å². The molecular weight excluding hydrogens is 252 g/mol. The highest BCUT2D eigenvalue weighted by Crippen LogP contribution is 2.33. The van der Waals surface area contributed by atoms with Crippen LogP contribution in [0.25, 0.3) is 0 Å². The monoisotopic (exact) mass is 286 g/mol. The van der Waals surface area contributed by atoms with Crippen LogP contribution in [0.5, 0.6) is 0 Å². The Hall–Kier alpha value is 0.270. The van der Waals surface area contributed by atoms with E-state index in [0.717, 1.165) is 11.8 Å². The summed E-state index contributed by atoms with van der Waals surface area (Å²) in [6.45, 7) is 8.41. The summed E-state index contributed by atoms with van der Waals surface area (Å²) in [5.41, 5.74) is 0.445. The van der Waals surface area contributed by atoms with Crippen LogP contribution in [0.15, 0.2) is 0 Å². The second-order valence-corrected chi connectivity index (χ2v) is 6.97. The van der Waals surface area contributed by atoms with Crippen molar-refractivity contribution in [3.63, 3.8) is 0 Å². The predicted molar refractivity (Wildman–Crippen MR) is 89.3 cm³/mol. The third-order valence-electron chi connectivity index (χ3n) is 4.67. The Morgan fingerprint density at radius 1 is 1.21 bits per heavy atom. The minimum absolute atomic E-state index is 0.445. The average Bonchev–Trinajstić information content (AvgIpc) is 2.39. The molecule has 3 heteroatoms. The summed E-state index contributed by atoms with van der Waals surface area (Å²) in [7, 11) is 4.44. The highest BCUT2D eigenvalue weighted by molar-refractivity contribution is 7.80. The zero-order valence-corrected chi connectivity index (χ0v) is 14.4. The lowest BCUT2D eigenvalue weighted by molar-refractivity contribution is 0.0838. The highest BCUT2D eigenvalue weighted by atomic mass is 32.1. The maximum absolute atomic E-state index is 4.69. The molecule has 114 valence electrons. The van der Waals surface area contributed by atoms with Gasteiger partial charge < -0.3 is 9.80 Å². The van der Waals surface area contributed by atoms with E-state index in [9.17, 15) is 0 Å². The molecule has 0 saturated carbocycles. The summed E-state index contributed by atoms with van der Waals surface area (Å²) in [5, 5.41) is 0. The van der Waals surface area contributed by atoms with E-state index in [-0.39, 0.29) is 0 Å². The molecular formula is C16H34N2S. The van der Waals surface area contributed by atoms with E-state index in [4.69, 9.17) is 12.6 Å². The Bertz CT molecular complexity index is 237. The van der Waals surface area contributed by atoms with E-state index >= 15 is 0 Å². The van der Waals surface area contributed by atoms with Gasteiger partial charge in [-0.3, -0.25) is 0 Å². The van der Waals surface area contributed by atoms with Crippen molar-refractivity contribution in [2.24, 2.45) is 5.41 Å². The van der Waals surface area contributed by atoms with Crippen molar-refractivity contribution >= 4 is 12.6 Å². The van der Waals surface area contributed by atoms with Crippen LogP contribution in [-0.2, 0) is 0 Å². The van der Waals surface area contributed by atoms with E-state index in [1.165, 1.54) is 58.2 Å². The fourth-order valence-corrected chi connectivity index (χ4v) is 4.04. The van der Waals surface area contributed by atoms with Gasteiger partial charge in [-0.25, -0.2) is 0 Å². The second kappa shape index (κ2) is 8.53. The van der Waals surface area contributed by atoms with Gasteiger partial charge in [-0.2, -0.15) is 12.6 Å². The molecule has 1 heterocycles. The fourth-order valence-electron chi connectivity index (χ4n) is 3.62. The zero-order valence-electron chi connectivity index (χ0n) is 13.5. The highest BCUT2D eigenvalue weighted by Gasteiger charge is 2.31. The van der Waals surface area contributed by atoms with Gasteiger partial charge in [0.15, 0.2) is 0 Å². The molecule has 0 aromatic rings. The lowest BCUT2D eigenvalue weighted by Crippen LogP contribution is -2.49. The van der Waals surface area contributed by atoms with Crippen molar-refractivity contribution in [3.8, 4) is 0 Å². The number of nitrogens with zero attached hydrogens (tertiary/aromatic N) is 2. The SMILES string of the molecule is CCCC(CS)(CCC)CN1CCCC(N(C)C)C1. The molecule has 1 aliphatic heterocycles. The molecule has 1 rings (SSSR count). The Morgan fingerprint density at radius 3 is 2.32 bits per heavy atom. The number of thiol groups is 1. The summed E-state index contributed by atoms with van der Waals surface area (Å²) >= 11 is 4.69. The van der Waals surface area contributed by atoms with Crippen molar-refractivity contribution in [1.82, 2.24) is 9.80 Å². The quantitative estimate of drug-likeness (QED) is 0.682. The van der Waals surface area contributed by atoms with Crippen LogP contribution >= 0.6 is 12.6 Å². The Kier molecular flexibility index (Phi) is 7.78. The minimum atomic E-state index is 0.445. The smallest absolute Gasteiger partial charge is 0.0217 e. The number of rotatable bonds is 8. The van der Waals surface area contributed by atoms with Gasteiger partial charge in [0, 0.05) is 19.1 Å². The van der Waals surface area contributed by atoms with Crippen molar-refractivity contribution in [3.05, 3.63) is 0 Å². The first-order chi connectivity index (χ1) is 9.06. The largest absolute Gasteiger partial charge is 0.305 e. The standard InChI is InChI=1S/C16H34N2S/c1-5-9-16(14-19,10-6-2)13-18-11-7-8-15(12-18)17(3)4/h15,19H,5-14H2,1-4H3. The van der Waals surface area contributed by atoms with E-state index < -0.39 is 0 Å². The Labute approximate surface area is 126 Å². The number of hydrogen-bond donors (Lipinski definition) is 1. The molecule has 0 spiro atoms. The van der Waals surface area contributed by atoms with Gasteiger partial charge in [0.2, 0.25) is 0 Å². The van der Waals surface area contributed by atoms with E-state index in [1.54, 1.807) is 0 Å². The van der Waals surface area contributed by atoms with Gasteiger partial charge in [0.1, 0.15) is 0 Å². The molecule has 1 fully saturated rings. The van der Waals surface area contributed by atoms with Gasteiger partial charge in [0.05, 0.1) is 0 Å². The van der Waals surface area contributed by atoms with Crippen LogP contribution in [0.1, 0.15) is 52.4 Å². The number of likely N-dealkylation sites (N-methyl/N-ethyl adjacent to an activating group) is 1. The maximum atomic E-state index is 4.69. The van der Waals surface area contributed by atoms with Crippen LogP contribution in [0.2, 0.25) is 0 Å². The normalized spacial score (nSPS) is 22.1. The topological polar surface area (TPSA) is 6.48 Å². The van der Waals surface area contributed by atoms with Crippen LogP contribution < -0.4 is 0 Å². The lowest BCUT2D eigenvalue weighted by atomic mass is 9.80. The third-order valence-corrected chi connectivity index (χ3v) is 5.34. The summed E-state index contributed by atoms with van der Waals surface area (Å²) in [5.74, 6) is 1.04. The van der Waals surface area contributed by atoms with Crippen molar-refractivity contribution in [2.45, 2.75) is 58.4 Å². The van der Waals surface area contributed by atoms with E-state index in [2.05, 4.69) is 37.7 Å². The molecule has 2 nitrogen and oxygen atoms in total. The van der Waals surface area contributed by atoms with Gasteiger partial charge in [-0.05, 0) is 57.5 Å². The number of hydrogen-bond acceptors (Lipinski definition) is 3.